The number of aryl methyl sites for hydroxylation is 1. The second-order valence-corrected chi connectivity index (χ2v) is 5.89. The summed E-state index contributed by atoms with van der Waals surface area (Å²) in [4.78, 5) is 0. The van der Waals surface area contributed by atoms with Crippen LogP contribution >= 0.6 is 43.5 Å². The first-order chi connectivity index (χ1) is 8.54. The van der Waals surface area contributed by atoms with Gasteiger partial charge in [-0.2, -0.15) is 5.10 Å². The van der Waals surface area contributed by atoms with Gasteiger partial charge in [-0.3, -0.25) is 4.68 Å². The highest BCUT2D eigenvalue weighted by molar-refractivity contribution is 9.10. The molecule has 0 aliphatic heterocycles. The maximum absolute atomic E-state index is 10.4. The monoisotopic (exact) mass is 392 g/mol. The van der Waals surface area contributed by atoms with Crippen molar-refractivity contribution in [3.8, 4) is 0 Å². The first kappa shape index (κ1) is 14.1. The Morgan fingerprint density at radius 1 is 1.39 bits per heavy atom. The Balaban J connectivity index is 2.44. The minimum absolute atomic E-state index is 0.619. The predicted octanol–water partition coefficient (Wildman–Crippen LogP) is 4.16. The van der Waals surface area contributed by atoms with Crippen molar-refractivity contribution in [1.29, 1.82) is 0 Å². The minimum Gasteiger partial charge on any atom is -0.382 e. The summed E-state index contributed by atoms with van der Waals surface area (Å²) in [5.74, 6) is 0. The van der Waals surface area contributed by atoms with Crippen molar-refractivity contribution < 1.29 is 5.11 Å². The topological polar surface area (TPSA) is 38.0 Å². The van der Waals surface area contributed by atoms with Gasteiger partial charge in [-0.15, -0.1) is 0 Å². The zero-order valence-corrected chi connectivity index (χ0v) is 13.5. The maximum atomic E-state index is 10.4. The fourth-order valence-electron chi connectivity index (χ4n) is 1.74. The molecular formula is C12H11Br2ClN2O. The van der Waals surface area contributed by atoms with E-state index in [2.05, 4.69) is 37.0 Å². The molecule has 18 heavy (non-hydrogen) atoms. The second-order valence-electron chi connectivity index (χ2n) is 3.77. The van der Waals surface area contributed by atoms with Crippen LogP contribution in [0.2, 0.25) is 5.02 Å². The zero-order chi connectivity index (χ0) is 13.3. The van der Waals surface area contributed by atoms with E-state index in [1.807, 2.05) is 13.0 Å². The summed E-state index contributed by atoms with van der Waals surface area (Å²) < 4.78 is 3.32. The van der Waals surface area contributed by atoms with E-state index in [4.69, 9.17) is 11.6 Å². The lowest BCUT2D eigenvalue weighted by Gasteiger charge is -2.14. The molecular weight excluding hydrogens is 383 g/mol. The molecule has 0 bridgehead atoms. The number of aliphatic hydroxyl groups is 1. The SMILES string of the molecule is CCn1ncc(Br)c1C(O)c1ccc(Cl)c(Br)c1. The molecule has 2 rings (SSSR count). The number of rotatable bonds is 3. The van der Waals surface area contributed by atoms with Gasteiger partial charge in [-0.1, -0.05) is 17.7 Å². The van der Waals surface area contributed by atoms with Crippen LogP contribution in [-0.4, -0.2) is 14.9 Å². The Bertz CT molecular complexity index is 571. The number of hydrogen-bond acceptors (Lipinski definition) is 2. The van der Waals surface area contributed by atoms with Crippen LogP contribution in [0.3, 0.4) is 0 Å². The average Bonchev–Trinajstić information content (AvgIpc) is 2.73. The molecule has 0 aliphatic carbocycles. The Kier molecular flexibility index (Phi) is 4.48. The average molecular weight is 394 g/mol. The van der Waals surface area contributed by atoms with Crippen molar-refractivity contribution in [2.75, 3.05) is 0 Å². The highest BCUT2D eigenvalue weighted by Gasteiger charge is 2.19. The number of halogens is 3. The summed E-state index contributed by atoms with van der Waals surface area (Å²) in [5, 5.41) is 15.2. The van der Waals surface area contributed by atoms with Gasteiger partial charge in [0, 0.05) is 11.0 Å². The summed E-state index contributed by atoms with van der Waals surface area (Å²) in [6.07, 6.45) is 0.947. The van der Waals surface area contributed by atoms with Crippen molar-refractivity contribution in [2.45, 2.75) is 19.6 Å². The van der Waals surface area contributed by atoms with Crippen molar-refractivity contribution in [1.82, 2.24) is 9.78 Å². The fraction of sp³-hybridized carbons (Fsp3) is 0.250. The van der Waals surface area contributed by atoms with Gasteiger partial charge in [0.05, 0.1) is 21.4 Å². The van der Waals surface area contributed by atoms with Gasteiger partial charge >= 0.3 is 0 Å². The Morgan fingerprint density at radius 3 is 2.72 bits per heavy atom. The van der Waals surface area contributed by atoms with Crippen LogP contribution < -0.4 is 0 Å². The highest BCUT2D eigenvalue weighted by atomic mass is 79.9. The van der Waals surface area contributed by atoms with E-state index in [0.29, 0.717) is 11.6 Å². The van der Waals surface area contributed by atoms with E-state index in [-0.39, 0.29) is 0 Å². The van der Waals surface area contributed by atoms with Crippen LogP contribution in [0.5, 0.6) is 0 Å². The maximum Gasteiger partial charge on any atom is 0.122 e. The second kappa shape index (κ2) is 5.74. The van der Waals surface area contributed by atoms with E-state index in [9.17, 15) is 5.11 Å². The molecule has 1 heterocycles. The van der Waals surface area contributed by atoms with Gasteiger partial charge in [-0.05, 0) is 56.5 Å². The lowest BCUT2D eigenvalue weighted by atomic mass is 10.1. The first-order valence-electron chi connectivity index (χ1n) is 5.38. The van der Waals surface area contributed by atoms with E-state index < -0.39 is 6.10 Å². The zero-order valence-electron chi connectivity index (χ0n) is 9.57. The fourth-order valence-corrected chi connectivity index (χ4v) is 2.76. The molecule has 1 atom stereocenters. The highest BCUT2D eigenvalue weighted by Crippen LogP contribution is 2.32. The Morgan fingerprint density at radius 2 is 2.11 bits per heavy atom. The van der Waals surface area contributed by atoms with Crippen LogP contribution in [-0.2, 0) is 6.54 Å². The van der Waals surface area contributed by atoms with Crippen LogP contribution in [0.25, 0.3) is 0 Å². The molecule has 96 valence electrons. The van der Waals surface area contributed by atoms with Crippen molar-refractivity contribution in [2.24, 2.45) is 0 Å². The van der Waals surface area contributed by atoms with Gasteiger partial charge in [0.2, 0.25) is 0 Å². The van der Waals surface area contributed by atoms with E-state index in [1.54, 1.807) is 23.0 Å². The molecule has 0 saturated carbocycles. The van der Waals surface area contributed by atoms with Gasteiger partial charge in [0.1, 0.15) is 6.10 Å². The number of hydrogen-bond donors (Lipinski definition) is 1. The summed E-state index contributed by atoms with van der Waals surface area (Å²) in [6.45, 7) is 2.68. The molecule has 0 amide bonds. The molecule has 3 nitrogen and oxygen atoms in total. The minimum atomic E-state index is -0.740. The Hall–Kier alpha value is -0.360. The van der Waals surface area contributed by atoms with Crippen molar-refractivity contribution in [3.05, 3.63) is 49.6 Å². The molecule has 6 heteroatoms. The quantitative estimate of drug-likeness (QED) is 0.849. The van der Waals surface area contributed by atoms with E-state index in [1.165, 1.54) is 0 Å². The van der Waals surface area contributed by atoms with Crippen molar-refractivity contribution >= 4 is 43.5 Å². The van der Waals surface area contributed by atoms with Crippen molar-refractivity contribution in [3.63, 3.8) is 0 Å². The van der Waals surface area contributed by atoms with Crippen LogP contribution in [0.1, 0.15) is 24.3 Å². The normalized spacial score (nSPS) is 12.7. The van der Waals surface area contributed by atoms with Gasteiger partial charge in [0.15, 0.2) is 0 Å². The number of nitrogens with zero attached hydrogens (tertiary/aromatic N) is 2. The molecule has 0 radical (unpaired) electrons. The summed E-state index contributed by atoms with van der Waals surface area (Å²) in [6, 6.07) is 5.37. The third kappa shape index (κ3) is 2.64. The molecule has 1 unspecified atom stereocenters. The lowest BCUT2D eigenvalue weighted by molar-refractivity contribution is 0.207. The van der Waals surface area contributed by atoms with Crippen LogP contribution in [0.15, 0.2) is 33.3 Å². The Labute approximate surface area is 127 Å². The molecule has 0 spiro atoms. The largest absolute Gasteiger partial charge is 0.382 e. The predicted molar refractivity (Wildman–Crippen MR) is 78.8 cm³/mol. The molecule has 0 fully saturated rings. The van der Waals surface area contributed by atoms with Crippen LogP contribution in [0, 0.1) is 0 Å². The van der Waals surface area contributed by atoms with E-state index in [0.717, 1.165) is 20.2 Å². The summed E-state index contributed by atoms with van der Waals surface area (Å²) >= 11 is 12.7. The summed E-state index contributed by atoms with van der Waals surface area (Å²) in [5.41, 5.74) is 1.51. The lowest BCUT2D eigenvalue weighted by Crippen LogP contribution is -2.09. The van der Waals surface area contributed by atoms with Gasteiger partial charge in [-0.25, -0.2) is 0 Å². The third-order valence-electron chi connectivity index (χ3n) is 2.65. The third-order valence-corrected chi connectivity index (χ3v) is 4.48. The molecule has 1 N–H and O–H groups in total. The molecule has 2 aromatic rings. The number of aliphatic hydroxyl groups excluding tert-OH is 1. The summed E-state index contributed by atoms with van der Waals surface area (Å²) in [7, 11) is 0. The van der Waals surface area contributed by atoms with Crippen LogP contribution in [0.4, 0.5) is 0 Å². The standard InChI is InChI=1S/C12H11Br2ClN2O/c1-2-17-11(9(14)6-16-17)12(18)7-3-4-10(15)8(13)5-7/h3-6,12,18H,2H2,1H3. The van der Waals surface area contributed by atoms with E-state index >= 15 is 0 Å². The molecule has 1 aromatic heterocycles. The smallest absolute Gasteiger partial charge is 0.122 e. The van der Waals surface area contributed by atoms with Gasteiger partial charge in [0.25, 0.3) is 0 Å². The number of benzene rings is 1. The molecule has 1 aromatic carbocycles. The molecule has 0 aliphatic rings. The molecule has 0 saturated heterocycles. The first-order valence-corrected chi connectivity index (χ1v) is 7.35. The van der Waals surface area contributed by atoms with Gasteiger partial charge < -0.3 is 5.11 Å². The number of aromatic nitrogens is 2.